The molecule has 2 aromatic rings. The molecule has 1 N–H and O–H groups in total. The summed E-state index contributed by atoms with van der Waals surface area (Å²) < 4.78 is 44.0. The van der Waals surface area contributed by atoms with Crippen molar-refractivity contribution < 1.29 is 22.7 Å². The fourth-order valence-corrected chi connectivity index (χ4v) is 3.14. The van der Waals surface area contributed by atoms with Crippen LogP contribution < -0.4 is 10.5 Å². The normalized spacial score (nSPS) is 15.3. The maximum atomic E-state index is 12.9. The molecule has 0 saturated carbocycles. The number of halogens is 3. The summed E-state index contributed by atoms with van der Waals surface area (Å²) in [5.41, 5.74) is -2.09. The quantitative estimate of drug-likeness (QED) is 0.779. The second-order valence-corrected chi connectivity index (χ2v) is 6.99. The Bertz CT molecular complexity index is 1020. The molecule has 12 heteroatoms. The predicted molar refractivity (Wildman–Crippen MR) is 102 cm³/mol. The van der Waals surface area contributed by atoms with Gasteiger partial charge < -0.3 is 19.5 Å². The molecular weight excluding hydrogens is 417 g/mol. The zero-order chi connectivity index (χ0) is 22.6. The van der Waals surface area contributed by atoms with Crippen LogP contribution in [0, 0.1) is 11.3 Å². The third kappa shape index (κ3) is 5.50. The lowest BCUT2D eigenvalue weighted by Gasteiger charge is -2.35. The van der Waals surface area contributed by atoms with Crippen LogP contribution in [0.25, 0.3) is 0 Å². The largest absolute Gasteiger partial charge is 0.446 e. The van der Waals surface area contributed by atoms with E-state index in [4.69, 9.17) is 10.00 Å². The maximum Gasteiger partial charge on any atom is 0.421 e. The highest BCUT2D eigenvalue weighted by atomic mass is 19.4. The number of carbonyl (C=O) groups is 1. The van der Waals surface area contributed by atoms with Crippen molar-refractivity contribution in [3.63, 3.8) is 0 Å². The molecule has 164 valence electrons. The monoisotopic (exact) mass is 436 g/mol. The molecule has 3 rings (SSSR count). The van der Waals surface area contributed by atoms with Gasteiger partial charge in [0.2, 0.25) is 0 Å². The number of hydrogen-bond donors (Lipinski definition) is 1. The van der Waals surface area contributed by atoms with Gasteiger partial charge in [-0.2, -0.15) is 18.4 Å². The summed E-state index contributed by atoms with van der Waals surface area (Å²) in [5, 5.41) is 8.77. The number of amides is 1. The van der Waals surface area contributed by atoms with Crippen molar-refractivity contribution in [2.24, 2.45) is 0 Å². The minimum atomic E-state index is -4.76. The van der Waals surface area contributed by atoms with Gasteiger partial charge in [-0.05, 0) is 18.6 Å². The molecule has 2 aromatic heterocycles. The Kier molecular flexibility index (Phi) is 6.43. The first-order valence-electron chi connectivity index (χ1n) is 9.39. The molecule has 1 atom stereocenters. The highest BCUT2D eigenvalue weighted by Crippen LogP contribution is 2.27. The molecule has 1 saturated heterocycles. The molecule has 0 unspecified atom stereocenters. The van der Waals surface area contributed by atoms with Crippen molar-refractivity contribution in [1.82, 2.24) is 19.9 Å². The van der Waals surface area contributed by atoms with Crippen LogP contribution in [0.1, 0.15) is 23.7 Å². The standard InChI is InChI=1S/C19H19F3N6O3/c1-12(6-13-7-15(19(20,21)22)17(29)26-9-13)31-18(30)28-4-2-27(3-5-28)16-11-24-14(8-23)10-25-16/h7,9-12H,2-6H2,1H3,(H,26,29)/t12-/m0/s1. The number of pyridine rings is 1. The zero-order valence-corrected chi connectivity index (χ0v) is 16.5. The average Bonchev–Trinajstić information content (AvgIpc) is 2.74. The number of ether oxygens (including phenoxy) is 1. The summed E-state index contributed by atoms with van der Waals surface area (Å²) in [5.74, 6) is 0.596. The van der Waals surface area contributed by atoms with Crippen molar-refractivity contribution >= 4 is 11.9 Å². The lowest BCUT2D eigenvalue weighted by atomic mass is 10.1. The van der Waals surface area contributed by atoms with E-state index in [1.807, 2.05) is 11.0 Å². The first kappa shape index (κ1) is 22.1. The Morgan fingerprint density at radius 1 is 1.29 bits per heavy atom. The van der Waals surface area contributed by atoms with Crippen LogP contribution >= 0.6 is 0 Å². The van der Waals surface area contributed by atoms with Crippen molar-refractivity contribution in [2.75, 3.05) is 31.1 Å². The maximum absolute atomic E-state index is 12.9. The van der Waals surface area contributed by atoms with Crippen LogP contribution in [0.2, 0.25) is 0 Å². The van der Waals surface area contributed by atoms with Crippen molar-refractivity contribution in [2.45, 2.75) is 25.6 Å². The number of piperazine rings is 1. The molecule has 0 aromatic carbocycles. The lowest BCUT2D eigenvalue weighted by molar-refractivity contribution is -0.138. The molecule has 0 aliphatic carbocycles. The highest BCUT2D eigenvalue weighted by Gasteiger charge is 2.34. The summed E-state index contributed by atoms with van der Waals surface area (Å²) in [7, 11) is 0. The molecule has 0 spiro atoms. The first-order valence-corrected chi connectivity index (χ1v) is 9.39. The number of rotatable bonds is 4. The van der Waals surface area contributed by atoms with Crippen molar-refractivity contribution in [1.29, 1.82) is 5.26 Å². The topological polar surface area (TPSA) is 115 Å². The van der Waals surface area contributed by atoms with Gasteiger partial charge in [-0.1, -0.05) is 0 Å². The zero-order valence-electron chi connectivity index (χ0n) is 16.5. The summed E-state index contributed by atoms with van der Waals surface area (Å²) in [4.78, 5) is 37.4. The molecule has 1 aliphatic heterocycles. The number of aromatic amines is 1. The Hall–Kier alpha value is -3.62. The molecule has 31 heavy (non-hydrogen) atoms. The number of anilines is 1. The summed E-state index contributed by atoms with van der Waals surface area (Å²) >= 11 is 0. The summed E-state index contributed by atoms with van der Waals surface area (Å²) in [6.45, 7) is 3.27. The highest BCUT2D eigenvalue weighted by molar-refractivity contribution is 5.68. The van der Waals surface area contributed by atoms with Crippen molar-refractivity contribution in [3.05, 3.63) is 51.8 Å². The number of H-pyrrole nitrogens is 1. The minimum absolute atomic E-state index is 0.0202. The number of nitriles is 1. The molecule has 1 amide bonds. The fourth-order valence-electron chi connectivity index (χ4n) is 3.14. The van der Waals surface area contributed by atoms with Crippen LogP contribution in [0.3, 0.4) is 0 Å². The van der Waals surface area contributed by atoms with Gasteiger partial charge in [-0.15, -0.1) is 0 Å². The van der Waals surface area contributed by atoms with E-state index < -0.39 is 29.5 Å². The van der Waals surface area contributed by atoms with Gasteiger partial charge in [0.25, 0.3) is 5.56 Å². The van der Waals surface area contributed by atoms with Crippen LogP contribution in [0.15, 0.2) is 29.5 Å². The summed E-state index contributed by atoms with van der Waals surface area (Å²) in [6.07, 6.45) is -1.96. The lowest BCUT2D eigenvalue weighted by Crippen LogP contribution is -2.49. The predicted octanol–water partition coefficient (Wildman–Crippen LogP) is 1.95. The molecule has 9 nitrogen and oxygen atoms in total. The van der Waals surface area contributed by atoms with E-state index in [1.165, 1.54) is 23.5 Å². The molecule has 3 heterocycles. The van der Waals surface area contributed by atoms with E-state index in [2.05, 4.69) is 15.0 Å². The van der Waals surface area contributed by atoms with Crippen LogP contribution in [0.4, 0.5) is 23.8 Å². The molecular formula is C19H19F3N6O3. The van der Waals surface area contributed by atoms with Crippen molar-refractivity contribution in [3.8, 4) is 6.07 Å². The molecule has 1 aliphatic rings. The Labute approximate surface area is 175 Å². The van der Waals surface area contributed by atoms with Gasteiger partial charge >= 0.3 is 12.3 Å². The second kappa shape index (κ2) is 9.03. The van der Waals surface area contributed by atoms with Crippen LogP contribution in [-0.4, -0.2) is 58.2 Å². The Balaban J connectivity index is 1.53. The smallest absolute Gasteiger partial charge is 0.421 e. The number of alkyl halides is 3. The minimum Gasteiger partial charge on any atom is -0.446 e. The van der Waals surface area contributed by atoms with Gasteiger partial charge in [0.15, 0.2) is 5.69 Å². The molecule has 0 radical (unpaired) electrons. The third-order valence-electron chi connectivity index (χ3n) is 4.71. The number of nitrogens with one attached hydrogen (secondary N) is 1. The van der Waals surface area contributed by atoms with E-state index in [0.29, 0.717) is 32.0 Å². The third-order valence-corrected chi connectivity index (χ3v) is 4.71. The van der Waals surface area contributed by atoms with E-state index in [1.54, 1.807) is 6.92 Å². The molecule has 0 bridgehead atoms. The van der Waals surface area contributed by atoms with E-state index in [9.17, 15) is 22.8 Å². The number of nitrogens with zero attached hydrogens (tertiary/aromatic N) is 5. The van der Waals surface area contributed by atoms with Gasteiger partial charge in [0, 0.05) is 38.8 Å². The van der Waals surface area contributed by atoms with Crippen LogP contribution in [-0.2, 0) is 17.3 Å². The fraction of sp³-hybridized carbons (Fsp3) is 0.421. The molecule has 1 fully saturated rings. The van der Waals surface area contributed by atoms with Gasteiger partial charge in [-0.3, -0.25) is 4.79 Å². The van der Waals surface area contributed by atoms with Gasteiger partial charge in [0.1, 0.15) is 23.6 Å². The average molecular weight is 436 g/mol. The number of carbonyl (C=O) groups excluding carboxylic acids is 1. The van der Waals surface area contributed by atoms with Gasteiger partial charge in [0.05, 0.1) is 12.4 Å². The van der Waals surface area contributed by atoms with E-state index in [0.717, 1.165) is 6.07 Å². The number of hydrogen-bond acceptors (Lipinski definition) is 7. The van der Waals surface area contributed by atoms with Gasteiger partial charge in [-0.25, -0.2) is 14.8 Å². The SMILES string of the molecule is C[C@@H](Cc1c[nH]c(=O)c(C(F)(F)F)c1)OC(=O)N1CCN(c2cnc(C#N)cn2)CC1. The second-order valence-electron chi connectivity index (χ2n) is 6.99. The summed E-state index contributed by atoms with van der Waals surface area (Å²) in [6, 6.07) is 2.66. The van der Waals surface area contributed by atoms with E-state index >= 15 is 0 Å². The van der Waals surface area contributed by atoms with E-state index in [-0.39, 0.29) is 17.7 Å². The first-order chi connectivity index (χ1) is 14.7. The Morgan fingerprint density at radius 3 is 2.58 bits per heavy atom. The Morgan fingerprint density at radius 2 is 2.00 bits per heavy atom. The number of aromatic nitrogens is 3. The van der Waals surface area contributed by atoms with Crippen LogP contribution in [0.5, 0.6) is 0 Å².